The van der Waals surface area contributed by atoms with Crippen LogP contribution in [-0.4, -0.2) is 40.4 Å². The van der Waals surface area contributed by atoms with E-state index in [2.05, 4.69) is 31.9 Å². The first-order valence-corrected chi connectivity index (χ1v) is 8.38. The minimum atomic E-state index is 0.239. The third kappa shape index (κ3) is 2.88. The maximum absolute atomic E-state index is 6.18. The molecular formula is C15H19N3O2S. The first-order chi connectivity index (χ1) is 10.3. The van der Waals surface area contributed by atoms with Crippen LogP contribution in [0.2, 0.25) is 0 Å². The van der Waals surface area contributed by atoms with Crippen molar-refractivity contribution in [1.82, 2.24) is 15.1 Å². The summed E-state index contributed by atoms with van der Waals surface area (Å²) in [5.74, 6) is 1.98. The predicted molar refractivity (Wildman–Crippen MR) is 79.1 cm³/mol. The molecule has 0 aromatic carbocycles. The lowest BCUT2D eigenvalue weighted by Gasteiger charge is -2.17. The Morgan fingerprint density at radius 2 is 2.33 bits per heavy atom. The summed E-state index contributed by atoms with van der Waals surface area (Å²) in [5, 5.41) is 12.3. The minimum absolute atomic E-state index is 0.239. The van der Waals surface area contributed by atoms with E-state index in [0.717, 1.165) is 32.5 Å². The van der Waals surface area contributed by atoms with Gasteiger partial charge in [0.05, 0.1) is 18.6 Å². The Kier molecular flexibility index (Phi) is 3.52. The lowest BCUT2D eigenvalue weighted by atomic mass is 10.0. The van der Waals surface area contributed by atoms with Crippen molar-refractivity contribution in [3.05, 3.63) is 34.2 Å². The number of hydrogen-bond acceptors (Lipinski definition) is 6. The van der Waals surface area contributed by atoms with Crippen molar-refractivity contribution in [2.75, 3.05) is 13.1 Å². The molecule has 2 aliphatic heterocycles. The van der Waals surface area contributed by atoms with Gasteiger partial charge in [0.15, 0.2) is 0 Å². The van der Waals surface area contributed by atoms with E-state index in [1.807, 2.05) is 6.92 Å². The van der Waals surface area contributed by atoms with Crippen LogP contribution in [0.4, 0.5) is 0 Å². The lowest BCUT2D eigenvalue weighted by Crippen LogP contribution is -2.25. The zero-order chi connectivity index (χ0) is 14.2. The molecule has 6 heteroatoms. The van der Waals surface area contributed by atoms with Crippen molar-refractivity contribution in [1.29, 1.82) is 0 Å². The van der Waals surface area contributed by atoms with Crippen molar-refractivity contribution >= 4 is 11.3 Å². The fourth-order valence-corrected chi connectivity index (χ4v) is 4.12. The summed E-state index contributed by atoms with van der Waals surface area (Å²) < 4.78 is 11.6. The van der Waals surface area contributed by atoms with E-state index in [0.29, 0.717) is 23.8 Å². The van der Waals surface area contributed by atoms with Gasteiger partial charge < -0.3 is 9.15 Å². The lowest BCUT2D eigenvalue weighted by molar-refractivity contribution is 0.0349. The average molecular weight is 305 g/mol. The molecule has 0 saturated carbocycles. The molecule has 2 aromatic rings. The Bertz CT molecular complexity index is 584. The second-order valence-electron chi connectivity index (χ2n) is 6.04. The minimum Gasteiger partial charge on any atom is -0.426 e. The first kappa shape index (κ1) is 13.4. The smallest absolute Gasteiger partial charge is 0.219 e. The van der Waals surface area contributed by atoms with Crippen LogP contribution in [0.1, 0.15) is 23.8 Å². The third-order valence-corrected chi connectivity index (χ3v) is 5.08. The van der Waals surface area contributed by atoms with Gasteiger partial charge in [-0.1, -0.05) is 0 Å². The molecular weight excluding hydrogens is 286 g/mol. The highest BCUT2D eigenvalue weighted by atomic mass is 32.1. The largest absolute Gasteiger partial charge is 0.426 e. The number of likely N-dealkylation sites (tertiary alicyclic amines) is 1. The number of rotatable bonds is 4. The van der Waals surface area contributed by atoms with E-state index in [-0.39, 0.29) is 6.10 Å². The molecule has 4 heterocycles. The summed E-state index contributed by atoms with van der Waals surface area (Å²) in [4.78, 5) is 2.50. The second kappa shape index (κ2) is 5.51. The van der Waals surface area contributed by atoms with Gasteiger partial charge in [-0.25, -0.2) is 0 Å². The number of ether oxygens (including phenoxy) is 1. The van der Waals surface area contributed by atoms with Gasteiger partial charge in [-0.05, 0) is 28.8 Å². The molecule has 2 saturated heterocycles. The van der Waals surface area contributed by atoms with Gasteiger partial charge >= 0.3 is 0 Å². The molecule has 4 rings (SSSR count). The van der Waals surface area contributed by atoms with Crippen molar-refractivity contribution in [3.63, 3.8) is 0 Å². The van der Waals surface area contributed by atoms with Gasteiger partial charge in [0.2, 0.25) is 11.8 Å². The molecule has 5 nitrogen and oxygen atoms in total. The van der Waals surface area contributed by atoms with Crippen LogP contribution in [0.15, 0.2) is 21.2 Å². The quantitative estimate of drug-likeness (QED) is 0.867. The van der Waals surface area contributed by atoms with E-state index in [1.54, 1.807) is 11.3 Å². The van der Waals surface area contributed by atoms with Crippen LogP contribution < -0.4 is 0 Å². The fourth-order valence-electron chi connectivity index (χ4n) is 3.46. The summed E-state index contributed by atoms with van der Waals surface area (Å²) >= 11 is 1.77. The van der Waals surface area contributed by atoms with Crippen molar-refractivity contribution in [2.24, 2.45) is 5.92 Å². The number of hydrogen-bond donors (Lipinski definition) is 0. The van der Waals surface area contributed by atoms with Crippen LogP contribution in [0.25, 0.3) is 0 Å². The highest BCUT2D eigenvalue weighted by Crippen LogP contribution is 2.34. The van der Waals surface area contributed by atoms with Crippen LogP contribution in [0.5, 0.6) is 0 Å². The first-order valence-electron chi connectivity index (χ1n) is 7.44. The van der Waals surface area contributed by atoms with Gasteiger partial charge in [-0.2, -0.15) is 11.3 Å². The highest BCUT2D eigenvalue weighted by molar-refractivity contribution is 7.07. The van der Waals surface area contributed by atoms with E-state index in [1.165, 1.54) is 5.56 Å². The Balaban J connectivity index is 1.31. The number of thiophene rings is 1. The zero-order valence-corrected chi connectivity index (χ0v) is 12.9. The predicted octanol–water partition coefficient (Wildman–Crippen LogP) is 2.27. The topological polar surface area (TPSA) is 51.4 Å². The van der Waals surface area contributed by atoms with Gasteiger partial charge in [-0.3, -0.25) is 4.90 Å². The van der Waals surface area contributed by atoms with E-state index < -0.39 is 0 Å². The zero-order valence-electron chi connectivity index (χ0n) is 12.1. The van der Waals surface area contributed by atoms with E-state index in [9.17, 15) is 0 Å². The SMILES string of the molecule is Cc1nnc(C[C@@H]2C[C@H]3CN(Cc4ccsc4)C[C@H]3O2)o1. The Labute approximate surface area is 127 Å². The molecule has 0 radical (unpaired) electrons. The molecule has 0 N–H and O–H groups in total. The van der Waals surface area contributed by atoms with Gasteiger partial charge in [0, 0.05) is 32.5 Å². The Hall–Kier alpha value is -1.24. The molecule has 2 aromatic heterocycles. The average Bonchev–Trinajstić information content (AvgIpc) is 3.16. The number of fused-ring (bicyclic) bond motifs is 1. The van der Waals surface area contributed by atoms with Crippen LogP contribution in [0, 0.1) is 12.8 Å². The summed E-state index contributed by atoms with van der Waals surface area (Å²) in [7, 11) is 0. The number of aryl methyl sites for hydroxylation is 1. The molecule has 0 amide bonds. The van der Waals surface area contributed by atoms with Crippen LogP contribution >= 0.6 is 11.3 Å². The van der Waals surface area contributed by atoms with E-state index in [4.69, 9.17) is 9.15 Å². The van der Waals surface area contributed by atoms with Crippen molar-refractivity contribution < 1.29 is 9.15 Å². The summed E-state index contributed by atoms with van der Waals surface area (Å²) in [6.45, 7) is 5.05. The third-order valence-electron chi connectivity index (χ3n) is 4.35. The molecule has 21 heavy (non-hydrogen) atoms. The summed E-state index contributed by atoms with van der Waals surface area (Å²) in [5.41, 5.74) is 1.41. The Morgan fingerprint density at radius 3 is 3.05 bits per heavy atom. The van der Waals surface area contributed by atoms with Crippen molar-refractivity contribution in [3.8, 4) is 0 Å². The van der Waals surface area contributed by atoms with Gasteiger partial charge in [0.1, 0.15) is 0 Å². The molecule has 0 unspecified atom stereocenters. The Morgan fingerprint density at radius 1 is 1.38 bits per heavy atom. The summed E-state index contributed by atoms with van der Waals surface area (Å²) in [6.07, 6.45) is 2.46. The van der Waals surface area contributed by atoms with Gasteiger partial charge in [-0.15, -0.1) is 10.2 Å². The van der Waals surface area contributed by atoms with Crippen LogP contribution in [-0.2, 0) is 17.7 Å². The standard InChI is InChI=1S/C15H19N3O2S/c1-10-16-17-15(19-10)5-13-4-12-7-18(8-14(12)20-13)6-11-2-3-21-9-11/h2-3,9,12-14H,4-8H2,1H3/t12-,13-,14+/m0/s1. The van der Waals surface area contributed by atoms with Crippen LogP contribution in [0.3, 0.4) is 0 Å². The second-order valence-corrected chi connectivity index (χ2v) is 6.82. The molecule has 112 valence electrons. The molecule has 3 atom stereocenters. The highest BCUT2D eigenvalue weighted by Gasteiger charge is 2.42. The molecule has 2 aliphatic rings. The molecule has 2 fully saturated rings. The summed E-state index contributed by atoms with van der Waals surface area (Å²) in [6, 6.07) is 2.21. The van der Waals surface area contributed by atoms with Gasteiger partial charge in [0.25, 0.3) is 0 Å². The van der Waals surface area contributed by atoms with Crippen molar-refractivity contribution in [2.45, 2.75) is 38.5 Å². The normalized spacial score (nSPS) is 29.1. The molecule has 0 spiro atoms. The number of nitrogens with zero attached hydrogens (tertiary/aromatic N) is 3. The monoisotopic (exact) mass is 305 g/mol. The molecule has 0 bridgehead atoms. The fraction of sp³-hybridized carbons (Fsp3) is 0.600. The number of aromatic nitrogens is 2. The van der Waals surface area contributed by atoms with E-state index >= 15 is 0 Å². The maximum Gasteiger partial charge on any atom is 0.219 e. The maximum atomic E-state index is 6.18. The molecule has 0 aliphatic carbocycles.